The van der Waals surface area contributed by atoms with E-state index in [4.69, 9.17) is 9.47 Å². The predicted octanol–water partition coefficient (Wildman–Crippen LogP) is 9.41. The van der Waals surface area contributed by atoms with Crippen LogP contribution in [0.1, 0.15) is 84.1 Å². The van der Waals surface area contributed by atoms with E-state index in [1.165, 1.54) is 31.2 Å². The molecule has 1 unspecified atom stereocenters. The number of nitrogens with one attached hydrogen (secondary N) is 1. The van der Waals surface area contributed by atoms with Gasteiger partial charge in [-0.15, -0.1) is 0 Å². The van der Waals surface area contributed by atoms with E-state index in [1.54, 1.807) is 0 Å². The normalized spacial score (nSPS) is 16.3. The molecule has 0 radical (unpaired) electrons. The number of esters is 1. The fraction of sp³-hybridized carbons (Fsp3) is 0.324. The Labute approximate surface area is 249 Å². The minimum Gasteiger partial charge on any atom is -0.456 e. The average molecular weight is 561 g/mol. The number of rotatable bonds is 10. The summed E-state index contributed by atoms with van der Waals surface area (Å²) in [6.07, 6.45) is 5.96. The molecule has 0 fully saturated rings. The molecule has 4 aromatic carbocycles. The average Bonchev–Trinajstić information content (AvgIpc) is 3.28. The van der Waals surface area contributed by atoms with Crippen molar-refractivity contribution < 1.29 is 14.3 Å². The maximum Gasteiger partial charge on any atom is 0.340 e. The molecule has 1 atom stereocenters. The third kappa shape index (κ3) is 4.91. The van der Waals surface area contributed by atoms with Gasteiger partial charge in [0.25, 0.3) is 0 Å². The van der Waals surface area contributed by atoms with Crippen LogP contribution in [0.4, 0.5) is 17.1 Å². The van der Waals surface area contributed by atoms with Gasteiger partial charge in [0.05, 0.1) is 5.56 Å². The molecule has 2 aliphatic heterocycles. The van der Waals surface area contributed by atoms with Gasteiger partial charge in [-0.1, -0.05) is 63.4 Å². The largest absolute Gasteiger partial charge is 0.456 e. The van der Waals surface area contributed by atoms with Crippen LogP contribution in [0.25, 0.3) is 0 Å². The lowest BCUT2D eigenvalue weighted by atomic mass is 9.77. The summed E-state index contributed by atoms with van der Waals surface area (Å²) in [6.45, 7) is 10.6. The van der Waals surface area contributed by atoms with Crippen molar-refractivity contribution in [1.29, 1.82) is 0 Å². The summed E-state index contributed by atoms with van der Waals surface area (Å²) >= 11 is 0. The molecule has 2 aliphatic rings. The molecule has 1 N–H and O–H groups in total. The van der Waals surface area contributed by atoms with Gasteiger partial charge in [-0.3, -0.25) is 0 Å². The number of aryl methyl sites for hydroxylation is 2. The summed E-state index contributed by atoms with van der Waals surface area (Å²) in [7, 11) is 0. The third-order valence-corrected chi connectivity index (χ3v) is 8.48. The Morgan fingerprint density at radius 1 is 0.762 bits per heavy atom. The maximum atomic E-state index is 13.4. The topological polar surface area (TPSA) is 50.8 Å². The van der Waals surface area contributed by atoms with Crippen molar-refractivity contribution >= 4 is 23.0 Å². The minimum absolute atomic E-state index is 0.314. The van der Waals surface area contributed by atoms with Crippen molar-refractivity contribution in [3.63, 3.8) is 0 Å². The standard InChI is InChI=1S/C37H40N2O3/c1-5-7-8-11-20-39(19-6-2)28-17-18-31-35(23-28)41-34-22-26(4)33(38-27-14-12-13-25(3)21-27)24-32(34)37(31)30-16-10-9-15-29(30)36(40)42-37/h9-10,12-18,21-24,38H,5-8,11,19-20H2,1-4H3. The second kappa shape index (κ2) is 11.6. The highest BCUT2D eigenvalue weighted by Gasteiger charge is 2.53. The van der Waals surface area contributed by atoms with Crippen LogP contribution in [0.15, 0.2) is 78.9 Å². The Balaban J connectivity index is 1.47. The summed E-state index contributed by atoms with van der Waals surface area (Å²) in [4.78, 5) is 15.8. The quantitative estimate of drug-likeness (QED) is 0.155. The van der Waals surface area contributed by atoms with Crippen LogP contribution in [0.2, 0.25) is 0 Å². The first-order chi connectivity index (χ1) is 20.4. The number of nitrogens with zero attached hydrogens (tertiary/aromatic N) is 1. The van der Waals surface area contributed by atoms with Crippen molar-refractivity contribution in [3.05, 3.63) is 112 Å². The van der Waals surface area contributed by atoms with E-state index in [0.717, 1.165) is 64.6 Å². The number of fused-ring (bicyclic) bond motifs is 6. The van der Waals surface area contributed by atoms with Gasteiger partial charge in [0.15, 0.2) is 5.60 Å². The number of unbranched alkanes of at least 4 members (excludes halogenated alkanes) is 3. The van der Waals surface area contributed by atoms with E-state index in [1.807, 2.05) is 30.3 Å². The Morgan fingerprint density at radius 2 is 1.60 bits per heavy atom. The molecule has 0 aromatic heterocycles. The van der Waals surface area contributed by atoms with E-state index >= 15 is 0 Å². The van der Waals surface area contributed by atoms with E-state index < -0.39 is 5.60 Å². The van der Waals surface area contributed by atoms with E-state index in [9.17, 15) is 4.79 Å². The van der Waals surface area contributed by atoms with Crippen molar-refractivity contribution in [3.8, 4) is 11.5 Å². The molecule has 42 heavy (non-hydrogen) atoms. The smallest absolute Gasteiger partial charge is 0.340 e. The Hall–Kier alpha value is -4.25. The fourth-order valence-electron chi connectivity index (χ4n) is 6.39. The lowest BCUT2D eigenvalue weighted by Crippen LogP contribution is -2.33. The molecule has 0 bridgehead atoms. The second-order valence-electron chi connectivity index (χ2n) is 11.6. The summed E-state index contributed by atoms with van der Waals surface area (Å²) < 4.78 is 13.1. The molecule has 2 heterocycles. The van der Waals surface area contributed by atoms with Crippen molar-refractivity contribution in [1.82, 2.24) is 0 Å². The second-order valence-corrected chi connectivity index (χ2v) is 11.6. The fourth-order valence-corrected chi connectivity index (χ4v) is 6.39. The Morgan fingerprint density at radius 3 is 2.40 bits per heavy atom. The highest BCUT2D eigenvalue weighted by Crippen LogP contribution is 2.57. The molecule has 0 aliphatic carbocycles. The van der Waals surface area contributed by atoms with Gasteiger partial charge >= 0.3 is 5.97 Å². The molecular weight excluding hydrogens is 520 g/mol. The number of ether oxygens (including phenoxy) is 2. The van der Waals surface area contributed by atoms with Crippen LogP contribution >= 0.6 is 0 Å². The van der Waals surface area contributed by atoms with E-state index in [0.29, 0.717) is 11.3 Å². The molecule has 216 valence electrons. The number of hydrogen-bond acceptors (Lipinski definition) is 5. The van der Waals surface area contributed by atoms with Gasteiger partial charge in [0.2, 0.25) is 0 Å². The molecule has 0 saturated carbocycles. The molecule has 5 heteroatoms. The SMILES string of the molecule is CCCCCCN(CCC)c1ccc2c(c1)Oc1cc(C)c(Nc3cccc(C)c3)cc1C21OC(=O)c2ccccc21. The molecule has 5 nitrogen and oxygen atoms in total. The summed E-state index contributed by atoms with van der Waals surface area (Å²) in [5.41, 5.74) is 7.35. The van der Waals surface area contributed by atoms with Gasteiger partial charge < -0.3 is 19.7 Å². The van der Waals surface area contributed by atoms with Gasteiger partial charge in [0.1, 0.15) is 11.5 Å². The lowest BCUT2D eigenvalue weighted by Gasteiger charge is -2.38. The maximum absolute atomic E-state index is 13.4. The number of carbonyl (C=O) groups is 1. The zero-order valence-electron chi connectivity index (χ0n) is 25.1. The first kappa shape index (κ1) is 27.9. The zero-order chi connectivity index (χ0) is 29.3. The first-order valence-corrected chi connectivity index (χ1v) is 15.3. The minimum atomic E-state index is -1.09. The van der Waals surface area contributed by atoms with Crippen LogP contribution in [-0.4, -0.2) is 19.1 Å². The van der Waals surface area contributed by atoms with Gasteiger partial charge in [-0.2, -0.15) is 0 Å². The zero-order valence-corrected chi connectivity index (χ0v) is 25.1. The highest BCUT2D eigenvalue weighted by atomic mass is 16.6. The number of carbonyl (C=O) groups excluding carboxylic acids is 1. The number of hydrogen-bond donors (Lipinski definition) is 1. The van der Waals surface area contributed by atoms with Crippen LogP contribution in [0.5, 0.6) is 11.5 Å². The Bertz CT molecular complexity index is 1630. The van der Waals surface area contributed by atoms with Crippen molar-refractivity contribution in [2.45, 2.75) is 65.4 Å². The lowest BCUT2D eigenvalue weighted by molar-refractivity contribution is 0.0224. The third-order valence-electron chi connectivity index (χ3n) is 8.48. The monoisotopic (exact) mass is 560 g/mol. The predicted molar refractivity (Wildman–Crippen MR) is 171 cm³/mol. The van der Waals surface area contributed by atoms with Gasteiger partial charge in [-0.25, -0.2) is 4.79 Å². The summed E-state index contributed by atoms with van der Waals surface area (Å²) in [5, 5.41) is 3.59. The molecule has 6 rings (SSSR count). The molecule has 4 aromatic rings. The van der Waals surface area contributed by atoms with Crippen LogP contribution in [0, 0.1) is 13.8 Å². The van der Waals surface area contributed by atoms with Gasteiger partial charge in [0, 0.05) is 52.9 Å². The molecule has 0 saturated heterocycles. The van der Waals surface area contributed by atoms with E-state index in [2.05, 4.69) is 86.4 Å². The van der Waals surface area contributed by atoms with Crippen LogP contribution < -0.4 is 15.0 Å². The van der Waals surface area contributed by atoms with E-state index in [-0.39, 0.29) is 5.97 Å². The van der Waals surface area contributed by atoms with Crippen molar-refractivity contribution in [2.75, 3.05) is 23.3 Å². The summed E-state index contributed by atoms with van der Waals surface area (Å²) in [6, 6.07) is 26.6. The number of anilines is 3. The molecule has 0 amide bonds. The van der Waals surface area contributed by atoms with Gasteiger partial charge in [-0.05, 0) is 80.3 Å². The summed E-state index contributed by atoms with van der Waals surface area (Å²) in [5.74, 6) is 1.13. The van der Waals surface area contributed by atoms with Crippen molar-refractivity contribution in [2.24, 2.45) is 0 Å². The van der Waals surface area contributed by atoms with Crippen LogP contribution in [-0.2, 0) is 10.3 Å². The highest BCUT2D eigenvalue weighted by molar-refractivity contribution is 5.97. The number of benzene rings is 4. The first-order valence-electron chi connectivity index (χ1n) is 15.3. The Kier molecular flexibility index (Phi) is 7.68. The molecule has 1 spiro atoms. The van der Waals surface area contributed by atoms with Crippen LogP contribution in [0.3, 0.4) is 0 Å². The molecular formula is C37H40N2O3.